The fourth-order valence-electron chi connectivity index (χ4n) is 12.6. The molecular formula is C56H68F2N8O7. The first kappa shape index (κ1) is 50.4. The van der Waals surface area contributed by atoms with Crippen molar-refractivity contribution in [3.05, 3.63) is 106 Å². The third-order valence-corrected chi connectivity index (χ3v) is 17.0. The van der Waals surface area contributed by atoms with Gasteiger partial charge in [-0.05, 0) is 124 Å². The van der Waals surface area contributed by atoms with Gasteiger partial charge in [0.25, 0.3) is 0 Å². The van der Waals surface area contributed by atoms with Crippen LogP contribution >= 0.6 is 0 Å². The van der Waals surface area contributed by atoms with Crippen LogP contribution in [0.15, 0.2) is 66.7 Å². The number of aryl methyl sites for hydroxylation is 1. The lowest BCUT2D eigenvalue weighted by Gasteiger charge is -2.45. The molecule has 5 heterocycles. The van der Waals surface area contributed by atoms with Gasteiger partial charge in [-0.15, -0.1) is 0 Å². The quantitative estimate of drug-likeness (QED) is 0.0799. The first-order valence-electron chi connectivity index (χ1n) is 26.0. The van der Waals surface area contributed by atoms with Gasteiger partial charge in [0.15, 0.2) is 23.0 Å². The molecule has 5 aliphatic rings. The molecule has 1 saturated carbocycles. The van der Waals surface area contributed by atoms with Crippen molar-refractivity contribution in [1.82, 2.24) is 30.2 Å². The molecule has 4 fully saturated rings. The molecule has 4 aromatic carbocycles. The maximum atomic E-state index is 16.6. The number of primary amides is 1. The number of amides is 4. The fraction of sp³-hybridized carbons (Fsp3) is 0.500. The van der Waals surface area contributed by atoms with Crippen LogP contribution in [0, 0.1) is 24.0 Å². The number of carbonyl (C=O) groups excluding carboxylic acids is 3. The van der Waals surface area contributed by atoms with E-state index >= 15 is 8.78 Å². The molecule has 6 N–H and O–H groups in total. The molecule has 4 amide bonds. The number of benzene rings is 4. The van der Waals surface area contributed by atoms with Crippen LogP contribution in [0.25, 0.3) is 22.0 Å². The highest BCUT2D eigenvalue weighted by atomic mass is 19.1. The molecule has 1 aromatic heterocycles. The van der Waals surface area contributed by atoms with Crippen LogP contribution in [0.5, 0.6) is 11.5 Å². The van der Waals surface area contributed by atoms with Crippen LogP contribution in [0.4, 0.5) is 19.4 Å². The number of urea groups is 1. The highest BCUT2D eigenvalue weighted by Gasteiger charge is 2.51. The minimum atomic E-state index is -1.05. The van der Waals surface area contributed by atoms with Crippen molar-refractivity contribution in [3.63, 3.8) is 0 Å². The molecule has 4 aliphatic heterocycles. The summed E-state index contributed by atoms with van der Waals surface area (Å²) in [6.45, 7) is 9.35. The SMILES string of the molecule is Cc1c(F)cc2c(c1-c1c(C(N)=O)ccc(OCCO)c1F)C(C)C(CNC1CCC(C)(C(=O)N3CCC(N4CCC(c5ccc6c(N7CCC(O)NC7=O)nn(C)c6c5)CC4)CC3)CC1)(c1ccccc1)O2. The molecular weight excluding hydrogens is 935 g/mol. The lowest BCUT2D eigenvalue weighted by molar-refractivity contribution is -0.145. The number of hydrogen-bond donors (Lipinski definition) is 5. The van der Waals surface area contributed by atoms with E-state index in [2.05, 4.69) is 45.6 Å². The van der Waals surface area contributed by atoms with Crippen LogP contribution in [-0.2, 0) is 17.4 Å². The number of aliphatic hydroxyl groups excluding tert-OH is 2. The number of fused-ring (bicyclic) bond motifs is 2. The minimum absolute atomic E-state index is 0.0778. The number of hydrogen-bond acceptors (Lipinski definition) is 10. The normalized spacial score (nSPS) is 25.2. The average molecular weight is 1000 g/mol. The van der Waals surface area contributed by atoms with Gasteiger partial charge < -0.3 is 45.9 Å². The van der Waals surface area contributed by atoms with Crippen molar-refractivity contribution in [2.24, 2.45) is 18.2 Å². The van der Waals surface area contributed by atoms with E-state index in [-0.39, 0.29) is 64.9 Å². The smallest absolute Gasteiger partial charge is 0.325 e. The molecule has 73 heavy (non-hydrogen) atoms. The van der Waals surface area contributed by atoms with Gasteiger partial charge in [0.2, 0.25) is 11.8 Å². The Kier molecular flexibility index (Phi) is 14.0. The number of aliphatic hydroxyl groups is 2. The topological polar surface area (TPSA) is 188 Å². The summed E-state index contributed by atoms with van der Waals surface area (Å²) in [6.07, 6.45) is 6.63. The summed E-state index contributed by atoms with van der Waals surface area (Å²) in [7, 11) is 1.91. The fourth-order valence-corrected chi connectivity index (χ4v) is 12.6. The molecule has 17 heteroatoms. The van der Waals surface area contributed by atoms with Gasteiger partial charge in [0, 0.05) is 85.6 Å². The van der Waals surface area contributed by atoms with Gasteiger partial charge in [-0.1, -0.05) is 50.2 Å². The number of rotatable bonds is 13. The number of nitrogens with zero attached hydrogens (tertiary/aromatic N) is 5. The van der Waals surface area contributed by atoms with Gasteiger partial charge in [0.05, 0.1) is 17.7 Å². The van der Waals surface area contributed by atoms with E-state index in [1.807, 2.05) is 49.0 Å². The number of piperidine rings is 2. The van der Waals surface area contributed by atoms with Crippen LogP contribution in [0.1, 0.15) is 116 Å². The Balaban J connectivity index is 0.761. The lowest BCUT2D eigenvalue weighted by Crippen LogP contribution is -2.53. The number of likely N-dealkylation sites (tertiary alicyclic amines) is 2. The zero-order valence-electron chi connectivity index (χ0n) is 42.3. The highest BCUT2D eigenvalue weighted by Crippen LogP contribution is 2.56. The van der Waals surface area contributed by atoms with Gasteiger partial charge >= 0.3 is 6.03 Å². The van der Waals surface area contributed by atoms with Crippen LogP contribution < -0.4 is 30.7 Å². The molecule has 0 bridgehead atoms. The molecule has 0 radical (unpaired) electrons. The van der Waals surface area contributed by atoms with E-state index in [1.54, 1.807) is 11.8 Å². The average Bonchev–Trinajstić information content (AvgIpc) is 3.87. The van der Waals surface area contributed by atoms with E-state index in [0.29, 0.717) is 42.9 Å². The summed E-state index contributed by atoms with van der Waals surface area (Å²) in [4.78, 5) is 46.2. The molecule has 3 atom stereocenters. The summed E-state index contributed by atoms with van der Waals surface area (Å²) in [5, 5.41) is 31.3. The predicted octanol–water partition coefficient (Wildman–Crippen LogP) is 7.34. The Morgan fingerprint density at radius 2 is 1.67 bits per heavy atom. The summed E-state index contributed by atoms with van der Waals surface area (Å²) >= 11 is 0. The summed E-state index contributed by atoms with van der Waals surface area (Å²) in [5.74, 6) is -1.55. The molecule has 1 aliphatic carbocycles. The number of carbonyl (C=O) groups is 3. The van der Waals surface area contributed by atoms with Crippen LogP contribution in [0.2, 0.25) is 0 Å². The van der Waals surface area contributed by atoms with Crippen LogP contribution in [0.3, 0.4) is 0 Å². The summed E-state index contributed by atoms with van der Waals surface area (Å²) in [6, 6.07) is 20.4. The Bertz CT molecular complexity index is 2890. The van der Waals surface area contributed by atoms with Gasteiger partial charge in [-0.25, -0.2) is 13.6 Å². The van der Waals surface area contributed by atoms with E-state index in [9.17, 15) is 24.6 Å². The molecule has 3 saturated heterocycles. The van der Waals surface area contributed by atoms with Gasteiger partial charge in [-0.2, -0.15) is 5.10 Å². The Hall–Kier alpha value is -6.14. The molecule has 388 valence electrons. The molecule has 0 spiro atoms. The predicted molar refractivity (Wildman–Crippen MR) is 274 cm³/mol. The lowest BCUT2D eigenvalue weighted by atomic mass is 9.72. The first-order valence-corrected chi connectivity index (χ1v) is 26.0. The van der Waals surface area contributed by atoms with E-state index in [4.69, 9.17) is 20.3 Å². The number of nitrogens with one attached hydrogen (secondary N) is 2. The monoisotopic (exact) mass is 1000 g/mol. The minimum Gasteiger partial charge on any atom is -0.488 e. The number of nitrogens with two attached hydrogens (primary N) is 1. The molecule has 10 rings (SSSR count). The van der Waals surface area contributed by atoms with Crippen molar-refractivity contribution in [3.8, 4) is 22.6 Å². The van der Waals surface area contributed by atoms with Crippen molar-refractivity contribution >= 4 is 34.6 Å². The standard InChI is InChI=1S/C56H68F2N8O7/c1-33-42(57)31-45-48(47(33)49-41(51(59)69)12-13-44(50(49)58)72-29-28-67)34(2)56(73-45,37-8-6-5-7-9-37)32-60-38-14-21-55(3,22-15-38)53(70)65-25-18-39(19-26-65)64-23-16-35(17-24-64)36-10-11-40-43(30-36)63(4)62-52(40)66-27-20-46(68)61-54(66)71/h5-13,30-31,34-35,38-39,46,60,67-68H,14-29,32H2,1-4H3,(H2,59,69)(H,61,71). The van der Waals surface area contributed by atoms with Gasteiger partial charge in [-0.3, -0.25) is 19.2 Å². The second-order valence-electron chi connectivity index (χ2n) is 21.3. The Morgan fingerprint density at radius 1 is 0.945 bits per heavy atom. The third-order valence-electron chi connectivity index (χ3n) is 17.0. The maximum absolute atomic E-state index is 16.6. The second kappa shape index (κ2) is 20.3. The maximum Gasteiger partial charge on any atom is 0.325 e. The first-order chi connectivity index (χ1) is 35.1. The van der Waals surface area contributed by atoms with Crippen LogP contribution in [-0.4, -0.2) is 118 Å². The van der Waals surface area contributed by atoms with Crippen molar-refractivity contribution in [2.45, 2.75) is 114 Å². The third kappa shape index (κ3) is 9.31. The molecule has 5 aromatic rings. The Labute approximate surface area is 425 Å². The molecule has 3 unspecified atom stereocenters. The summed E-state index contributed by atoms with van der Waals surface area (Å²) < 4.78 is 46.9. The number of anilines is 1. The number of ether oxygens (including phenoxy) is 2. The van der Waals surface area contributed by atoms with Crippen molar-refractivity contribution in [1.29, 1.82) is 0 Å². The van der Waals surface area contributed by atoms with E-state index in [0.717, 1.165) is 94.0 Å². The van der Waals surface area contributed by atoms with Gasteiger partial charge in [0.1, 0.15) is 24.4 Å². The highest BCUT2D eigenvalue weighted by molar-refractivity contribution is 6.02. The van der Waals surface area contributed by atoms with E-state index in [1.165, 1.54) is 23.8 Å². The van der Waals surface area contributed by atoms with E-state index < -0.39 is 40.7 Å². The Morgan fingerprint density at radius 3 is 2.36 bits per heavy atom. The zero-order valence-corrected chi connectivity index (χ0v) is 42.3. The zero-order chi connectivity index (χ0) is 51.3. The summed E-state index contributed by atoms with van der Waals surface area (Å²) in [5.41, 5.74) is 7.97. The number of aromatic nitrogens is 2. The number of halogens is 2. The second-order valence-corrected chi connectivity index (χ2v) is 21.3. The largest absolute Gasteiger partial charge is 0.488 e. The van der Waals surface area contributed by atoms with Crippen molar-refractivity contribution in [2.75, 3.05) is 57.4 Å². The van der Waals surface area contributed by atoms with Crippen molar-refractivity contribution < 1.29 is 42.9 Å². The molecule has 15 nitrogen and oxygen atoms in total.